The van der Waals surface area contributed by atoms with E-state index in [0.29, 0.717) is 13.1 Å². The molecule has 1 atom stereocenters. The number of carbonyl (C=O) groups is 2. The molecule has 1 aromatic carbocycles. The van der Waals surface area contributed by atoms with Gasteiger partial charge >= 0.3 is 0 Å². The summed E-state index contributed by atoms with van der Waals surface area (Å²) in [5.41, 5.74) is 1.16. The normalized spacial score (nSPS) is 17.7. The lowest BCUT2D eigenvalue weighted by atomic mass is 9.90. The molecule has 1 aliphatic rings. The number of terminal acetylenes is 1. The summed E-state index contributed by atoms with van der Waals surface area (Å²) in [6, 6.07) is 7.49. The minimum absolute atomic E-state index is 0.0723. The van der Waals surface area contributed by atoms with Crippen LogP contribution in [-0.4, -0.2) is 36.3 Å². The van der Waals surface area contributed by atoms with Gasteiger partial charge in [-0.15, -0.1) is 6.42 Å². The zero-order valence-electron chi connectivity index (χ0n) is 15.7. The molecule has 0 N–H and O–H groups in total. The molecule has 0 aliphatic carbocycles. The van der Waals surface area contributed by atoms with Crippen LogP contribution in [0.1, 0.15) is 46.1 Å². The van der Waals surface area contributed by atoms with Crippen molar-refractivity contribution in [3.8, 4) is 12.3 Å². The summed E-state index contributed by atoms with van der Waals surface area (Å²) in [5.74, 6) is 2.64. The van der Waals surface area contributed by atoms with Crippen LogP contribution in [0.5, 0.6) is 0 Å². The number of likely N-dealkylation sites (tertiary alicyclic amines) is 1. The highest BCUT2D eigenvalue weighted by Crippen LogP contribution is 2.26. The topological polar surface area (TPSA) is 40.6 Å². The van der Waals surface area contributed by atoms with Gasteiger partial charge in [-0.2, -0.15) is 0 Å². The second-order valence-corrected chi connectivity index (χ2v) is 7.62. The van der Waals surface area contributed by atoms with Crippen molar-refractivity contribution in [1.29, 1.82) is 0 Å². The van der Waals surface area contributed by atoms with E-state index in [9.17, 15) is 9.59 Å². The Morgan fingerprint density at radius 3 is 2.68 bits per heavy atom. The van der Waals surface area contributed by atoms with E-state index >= 15 is 0 Å². The standard InChI is InChI=1S/C21H28N2O2/c1-6-16-10-8-12-18(14-16)23(7-2)19(24)17-11-9-13-22(15-17)20(25)21(3,4)5/h1,8,10,12,14,17H,7,9,11,13,15H2,2-5H3. The molecular formula is C21H28N2O2. The molecule has 1 fully saturated rings. The first-order valence-electron chi connectivity index (χ1n) is 8.95. The van der Waals surface area contributed by atoms with Crippen LogP contribution in [0.25, 0.3) is 0 Å². The third-order valence-electron chi connectivity index (χ3n) is 4.61. The zero-order valence-corrected chi connectivity index (χ0v) is 15.7. The number of amides is 2. The molecule has 0 radical (unpaired) electrons. The predicted octanol–water partition coefficient (Wildman–Crippen LogP) is 3.31. The van der Waals surface area contributed by atoms with Crippen molar-refractivity contribution >= 4 is 17.5 Å². The van der Waals surface area contributed by atoms with E-state index < -0.39 is 5.41 Å². The Labute approximate surface area is 151 Å². The van der Waals surface area contributed by atoms with Crippen molar-refractivity contribution in [2.75, 3.05) is 24.5 Å². The first-order valence-corrected chi connectivity index (χ1v) is 8.95. The molecule has 1 aliphatic heterocycles. The van der Waals surface area contributed by atoms with Gasteiger partial charge in [-0.05, 0) is 38.0 Å². The second kappa shape index (κ2) is 7.74. The molecule has 4 heteroatoms. The van der Waals surface area contributed by atoms with Crippen LogP contribution in [0.3, 0.4) is 0 Å². The largest absolute Gasteiger partial charge is 0.341 e. The summed E-state index contributed by atoms with van der Waals surface area (Å²) >= 11 is 0. The summed E-state index contributed by atoms with van der Waals surface area (Å²) in [5, 5.41) is 0. The van der Waals surface area contributed by atoms with E-state index in [1.54, 1.807) is 4.90 Å². The first-order chi connectivity index (χ1) is 11.8. The number of benzene rings is 1. The molecule has 0 saturated carbocycles. The van der Waals surface area contributed by atoms with E-state index in [2.05, 4.69) is 5.92 Å². The number of hydrogen-bond donors (Lipinski definition) is 0. The second-order valence-electron chi connectivity index (χ2n) is 7.62. The lowest BCUT2D eigenvalue weighted by Crippen LogP contribution is -2.49. The molecule has 1 heterocycles. The van der Waals surface area contributed by atoms with Crippen molar-refractivity contribution in [3.05, 3.63) is 29.8 Å². The predicted molar refractivity (Wildman–Crippen MR) is 101 cm³/mol. The van der Waals surface area contributed by atoms with Crippen molar-refractivity contribution in [1.82, 2.24) is 4.90 Å². The van der Waals surface area contributed by atoms with Crippen LogP contribution in [-0.2, 0) is 9.59 Å². The third-order valence-corrected chi connectivity index (χ3v) is 4.61. The fourth-order valence-electron chi connectivity index (χ4n) is 3.29. The number of carbonyl (C=O) groups excluding carboxylic acids is 2. The lowest BCUT2D eigenvalue weighted by molar-refractivity contribution is -0.142. The summed E-state index contributed by atoms with van der Waals surface area (Å²) in [6.45, 7) is 9.54. The Kier molecular flexibility index (Phi) is 5.89. The van der Waals surface area contributed by atoms with Gasteiger partial charge in [-0.3, -0.25) is 9.59 Å². The van der Waals surface area contributed by atoms with Gasteiger partial charge in [0.2, 0.25) is 11.8 Å². The van der Waals surface area contributed by atoms with Gasteiger partial charge in [0.15, 0.2) is 0 Å². The number of nitrogens with zero attached hydrogens (tertiary/aromatic N) is 2. The molecule has 1 aromatic rings. The van der Waals surface area contributed by atoms with Gasteiger partial charge < -0.3 is 9.80 Å². The van der Waals surface area contributed by atoms with Gasteiger partial charge in [0, 0.05) is 36.3 Å². The average molecular weight is 340 g/mol. The fraction of sp³-hybridized carbons (Fsp3) is 0.524. The molecule has 0 bridgehead atoms. The molecule has 2 amide bonds. The molecule has 0 aromatic heterocycles. The first kappa shape index (κ1) is 19.1. The molecule has 0 spiro atoms. The molecule has 1 unspecified atom stereocenters. The zero-order chi connectivity index (χ0) is 18.6. The Hall–Kier alpha value is -2.28. The van der Waals surface area contributed by atoms with Crippen LogP contribution >= 0.6 is 0 Å². The highest BCUT2D eigenvalue weighted by atomic mass is 16.2. The van der Waals surface area contributed by atoms with Crippen LogP contribution < -0.4 is 4.90 Å². The van der Waals surface area contributed by atoms with Crippen LogP contribution in [0.4, 0.5) is 5.69 Å². The highest BCUT2D eigenvalue weighted by Gasteiger charge is 2.35. The SMILES string of the molecule is C#Cc1cccc(N(CC)C(=O)C2CCCN(C(=O)C(C)(C)C)C2)c1. The summed E-state index contributed by atoms with van der Waals surface area (Å²) in [7, 11) is 0. The Morgan fingerprint density at radius 2 is 2.08 bits per heavy atom. The monoisotopic (exact) mass is 340 g/mol. The highest BCUT2D eigenvalue weighted by molar-refractivity contribution is 5.95. The van der Waals surface area contributed by atoms with Gasteiger partial charge in [-0.25, -0.2) is 0 Å². The Morgan fingerprint density at radius 1 is 1.36 bits per heavy atom. The molecule has 4 nitrogen and oxygen atoms in total. The van der Waals surface area contributed by atoms with Gasteiger partial charge in [-0.1, -0.05) is 32.8 Å². The fourth-order valence-corrected chi connectivity index (χ4v) is 3.29. The molecule has 2 rings (SSSR count). The Bertz CT molecular complexity index is 682. The van der Waals surface area contributed by atoms with Gasteiger partial charge in [0.25, 0.3) is 0 Å². The molecule has 134 valence electrons. The number of rotatable bonds is 3. The van der Waals surface area contributed by atoms with Crippen molar-refractivity contribution in [2.24, 2.45) is 11.3 Å². The van der Waals surface area contributed by atoms with Gasteiger partial charge in [0.1, 0.15) is 0 Å². The van der Waals surface area contributed by atoms with Crippen LogP contribution in [0.2, 0.25) is 0 Å². The summed E-state index contributed by atoms with van der Waals surface area (Å²) < 4.78 is 0. The van der Waals surface area contributed by atoms with Crippen molar-refractivity contribution in [2.45, 2.75) is 40.5 Å². The number of hydrogen-bond acceptors (Lipinski definition) is 2. The minimum Gasteiger partial charge on any atom is -0.341 e. The maximum atomic E-state index is 13.1. The maximum absolute atomic E-state index is 13.1. The van der Waals surface area contributed by atoms with E-state index in [4.69, 9.17) is 6.42 Å². The Balaban J connectivity index is 2.17. The van der Waals surface area contributed by atoms with Gasteiger partial charge in [0.05, 0.1) is 5.92 Å². The minimum atomic E-state index is -0.420. The average Bonchev–Trinajstić information content (AvgIpc) is 2.61. The van der Waals surface area contributed by atoms with E-state index in [0.717, 1.165) is 30.6 Å². The smallest absolute Gasteiger partial charge is 0.231 e. The number of piperidine rings is 1. The lowest BCUT2D eigenvalue weighted by Gasteiger charge is -2.37. The number of anilines is 1. The third kappa shape index (κ3) is 4.42. The van der Waals surface area contributed by atoms with Crippen LogP contribution in [0, 0.1) is 23.7 Å². The maximum Gasteiger partial charge on any atom is 0.231 e. The van der Waals surface area contributed by atoms with Crippen LogP contribution in [0.15, 0.2) is 24.3 Å². The van der Waals surface area contributed by atoms with E-state index in [-0.39, 0.29) is 17.7 Å². The molecule has 1 saturated heterocycles. The summed E-state index contributed by atoms with van der Waals surface area (Å²) in [6.07, 6.45) is 7.15. The molecular weight excluding hydrogens is 312 g/mol. The summed E-state index contributed by atoms with van der Waals surface area (Å²) in [4.78, 5) is 29.3. The quantitative estimate of drug-likeness (QED) is 0.792. The van der Waals surface area contributed by atoms with E-state index in [1.165, 1.54) is 0 Å². The molecule has 25 heavy (non-hydrogen) atoms. The van der Waals surface area contributed by atoms with E-state index in [1.807, 2.05) is 56.9 Å². The van der Waals surface area contributed by atoms with Crippen molar-refractivity contribution in [3.63, 3.8) is 0 Å². The van der Waals surface area contributed by atoms with Crippen molar-refractivity contribution < 1.29 is 9.59 Å².